The molecule has 0 spiro atoms. The molecule has 0 amide bonds. The summed E-state index contributed by atoms with van der Waals surface area (Å²) in [7, 11) is 0. The molecule has 0 fully saturated rings. The van der Waals surface area contributed by atoms with Gasteiger partial charge in [0.2, 0.25) is 0 Å². The fraction of sp³-hybridized carbons (Fsp3) is 0.111. The van der Waals surface area contributed by atoms with Crippen molar-refractivity contribution < 1.29 is 4.79 Å². The molecule has 0 saturated carbocycles. The minimum atomic E-state index is 0.565. The first kappa shape index (κ1) is 8.46. The standard InChI is InChI=1S/C9H10N2O/c10-7-11-5-8-1-3-9(6-12)4-2-8/h1-4,6-7H,5H2,(H2,10,11). The summed E-state index contributed by atoms with van der Waals surface area (Å²) in [5.41, 5.74) is 6.80. The first-order valence-corrected chi connectivity index (χ1v) is 3.61. The van der Waals surface area contributed by atoms with E-state index in [-0.39, 0.29) is 0 Å². The smallest absolute Gasteiger partial charge is 0.150 e. The van der Waals surface area contributed by atoms with E-state index in [2.05, 4.69) is 4.99 Å². The second-order valence-electron chi connectivity index (χ2n) is 2.35. The van der Waals surface area contributed by atoms with Crippen LogP contribution in [0.4, 0.5) is 0 Å². The van der Waals surface area contributed by atoms with Gasteiger partial charge in [-0.15, -0.1) is 0 Å². The fourth-order valence-corrected chi connectivity index (χ4v) is 0.860. The van der Waals surface area contributed by atoms with E-state index in [1.807, 2.05) is 12.1 Å². The number of aldehydes is 1. The van der Waals surface area contributed by atoms with Crippen LogP contribution >= 0.6 is 0 Å². The van der Waals surface area contributed by atoms with E-state index in [1.165, 1.54) is 6.34 Å². The fourth-order valence-electron chi connectivity index (χ4n) is 0.860. The van der Waals surface area contributed by atoms with Crippen LogP contribution < -0.4 is 5.73 Å². The van der Waals surface area contributed by atoms with E-state index in [1.54, 1.807) is 12.1 Å². The molecule has 0 aliphatic rings. The summed E-state index contributed by atoms with van der Waals surface area (Å²) in [5, 5.41) is 0. The monoisotopic (exact) mass is 162 g/mol. The Hall–Kier alpha value is -1.64. The van der Waals surface area contributed by atoms with Crippen molar-refractivity contribution in [3.63, 3.8) is 0 Å². The molecular formula is C9H10N2O. The summed E-state index contributed by atoms with van der Waals surface area (Å²) in [5.74, 6) is 0. The van der Waals surface area contributed by atoms with Crippen molar-refractivity contribution in [3.8, 4) is 0 Å². The van der Waals surface area contributed by atoms with Gasteiger partial charge in [0, 0.05) is 5.56 Å². The van der Waals surface area contributed by atoms with Crippen LogP contribution in [0, 0.1) is 0 Å². The van der Waals surface area contributed by atoms with Crippen molar-refractivity contribution in [2.24, 2.45) is 10.7 Å². The van der Waals surface area contributed by atoms with Gasteiger partial charge in [0.15, 0.2) is 0 Å². The van der Waals surface area contributed by atoms with Crippen LogP contribution in [0.15, 0.2) is 29.3 Å². The summed E-state index contributed by atoms with van der Waals surface area (Å²) in [6, 6.07) is 7.23. The summed E-state index contributed by atoms with van der Waals surface area (Å²) in [4.78, 5) is 14.1. The number of nitrogens with zero attached hydrogens (tertiary/aromatic N) is 1. The van der Waals surface area contributed by atoms with Gasteiger partial charge in [-0.3, -0.25) is 9.79 Å². The highest BCUT2D eigenvalue weighted by Gasteiger charge is 1.90. The van der Waals surface area contributed by atoms with Gasteiger partial charge in [0.05, 0.1) is 12.9 Å². The molecule has 1 aromatic carbocycles. The molecule has 12 heavy (non-hydrogen) atoms. The minimum Gasteiger partial charge on any atom is -0.390 e. The first-order valence-electron chi connectivity index (χ1n) is 3.61. The Bertz CT molecular complexity index is 277. The average molecular weight is 162 g/mol. The number of rotatable bonds is 3. The Balaban J connectivity index is 2.70. The molecule has 0 aliphatic carbocycles. The van der Waals surface area contributed by atoms with Gasteiger partial charge in [-0.05, 0) is 5.56 Å². The lowest BCUT2D eigenvalue weighted by molar-refractivity contribution is 0.112. The maximum absolute atomic E-state index is 10.3. The molecule has 0 heterocycles. The molecule has 0 radical (unpaired) electrons. The summed E-state index contributed by atoms with van der Waals surface area (Å²) in [6.07, 6.45) is 2.09. The molecule has 0 saturated heterocycles. The van der Waals surface area contributed by atoms with Crippen molar-refractivity contribution in [1.29, 1.82) is 0 Å². The van der Waals surface area contributed by atoms with Crippen LogP contribution in [0.3, 0.4) is 0 Å². The maximum Gasteiger partial charge on any atom is 0.150 e. The van der Waals surface area contributed by atoms with Gasteiger partial charge in [-0.2, -0.15) is 0 Å². The molecule has 0 atom stereocenters. The molecule has 0 bridgehead atoms. The number of carbonyl (C=O) groups is 1. The highest BCUT2D eigenvalue weighted by Crippen LogP contribution is 2.03. The molecule has 0 aliphatic heterocycles. The Morgan fingerprint density at radius 3 is 2.50 bits per heavy atom. The molecule has 3 heteroatoms. The third kappa shape index (κ3) is 2.20. The van der Waals surface area contributed by atoms with Crippen molar-refractivity contribution in [1.82, 2.24) is 0 Å². The van der Waals surface area contributed by atoms with Crippen LogP contribution in [0.1, 0.15) is 15.9 Å². The lowest BCUT2D eigenvalue weighted by Crippen LogP contribution is -1.90. The van der Waals surface area contributed by atoms with Gasteiger partial charge in [0.1, 0.15) is 6.29 Å². The lowest BCUT2D eigenvalue weighted by atomic mass is 10.1. The van der Waals surface area contributed by atoms with Crippen LogP contribution in [-0.2, 0) is 6.54 Å². The van der Waals surface area contributed by atoms with Gasteiger partial charge in [-0.25, -0.2) is 0 Å². The van der Waals surface area contributed by atoms with Gasteiger partial charge >= 0.3 is 0 Å². The second-order valence-corrected chi connectivity index (χ2v) is 2.35. The largest absolute Gasteiger partial charge is 0.390 e. The molecule has 3 nitrogen and oxygen atoms in total. The predicted octanol–water partition coefficient (Wildman–Crippen LogP) is 0.986. The third-order valence-electron chi connectivity index (χ3n) is 1.50. The zero-order chi connectivity index (χ0) is 8.81. The molecule has 0 unspecified atom stereocenters. The number of hydrogen-bond acceptors (Lipinski definition) is 2. The zero-order valence-corrected chi connectivity index (χ0v) is 6.60. The van der Waals surface area contributed by atoms with Crippen molar-refractivity contribution in [2.45, 2.75) is 6.54 Å². The number of nitrogens with two attached hydrogens (primary N) is 1. The number of carbonyl (C=O) groups excluding carboxylic acids is 1. The lowest BCUT2D eigenvalue weighted by Gasteiger charge is -1.95. The molecule has 62 valence electrons. The van der Waals surface area contributed by atoms with Crippen molar-refractivity contribution >= 4 is 12.6 Å². The van der Waals surface area contributed by atoms with E-state index in [4.69, 9.17) is 5.73 Å². The summed E-state index contributed by atoms with van der Waals surface area (Å²) >= 11 is 0. The van der Waals surface area contributed by atoms with Crippen LogP contribution in [-0.4, -0.2) is 12.6 Å². The molecule has 0 aromatic heterocycles. The van der Waals surface area contributed by atoms with E-state index in [0.29, 0.717) is 12.1 Å². The zero-order valence-electron chi connectivity index (χ0n) is 6.60. The molecule has 2 N–H and O–H groups in total. The number of aliphatic imine (C=N–C) groups is 1. The SMILES string of the molecule is NC=NCc1ccc(C=O)cc1. The number of hydrogen-bond donors (Lipinski definition) is 1. The Morgan fingerprint density at radius 1 is 1.33 bits per heavy atom. The second kappa shape index (κ2) is 4.28. The molecular weight excluding hydrogens is 152 g/mol. The Morgan fingerprint density at radius 2 is 2.00 bits per heavy atom. The normalized spacial score (nSPS) is 10.3. The number of benzene rings is 1. The summed E-state index contributed by atoms with van der Waals surface area (Å²) in [6.45, 7) is 0.565. The average Bonchev–Trinajstić information content (AvgIpc) is 2.15. The topological polar surface area (TPSA) is 55.4 Å². The van der Waals surface area contributed by atoms with Gasteiger partial charge < -0.3 is 5.73 Å². The van der Waals surface area contributed by atoms with Crippen LogP contribution in [0.2, 0.25) is 0 Å². The van der Waals surface area contributed by atoms with Crippen LogP contribution in [0.5, 0.6) is 0 Å². The van der Waals surface area contributed by atoms with Crippen molar-refractivity contribution in [3.05, 3.63) is 35.4 Å². The van der Waals surface area contributed by atoms with Gasteiger partial charge in [0.25, 0.3) is 0 Å². The third-order valence-corrected chi connectivity index (χ3v) is 1.50. The van der Waals surface area contributed by atoms with E-state index in [9.17, 15) is 4.79 Å². The van der Waals surface area contributed by atoms with E-state index in [0.717, 1.165) is 11.8 Å². The quantitative estimate of drug-likeness (QED) is 0.409. The van der Waals surface area contributed by atoms with E-state index >= 15 is 0 Å². The highest BCUT2D eigenvalue weighted by molar-refractivity contribution is 5.74. The predicted molar refractivity (Wildman–Crippen MR) is 48.2 cm³/mol. The van der Waals surface area contributed by atoms with Gasteiger partial charge in [-0.1, -0.05) is 24.3 Å². The maximum atomic E-state index is 10.3. The minimum absolute atomic E-state index is 0.565. The molecule has 1 aromatic rings. The highest BCUT2D eigenvalue weighted by atomic mass is 16.1. The summed E-state index contributed by atoms with van der Waals surface area (Å²) < 4.78 is 0. The van der Waals surface area contributed by atoms with Crippen molar-refractivity contribution in [2.75, 3.05) is 0 Å². The Labute approximate surface area is 70.9 Å². The van der Waals surface area contributed by atoms with Crippen LogP contribution in [0.25, 0.3) is 0 Å². The van der Waals surface area contributed by atoms with E-state index < -0.39 is 0 Å². The molecule has 1 rings (SSSR count). The first-order chi connectivity index (χ1) is 5.86. The Kier molecular flexibility index (Phi) is 3.02.